The Morgan fingerprint density at radius 1 is 1.24 bits per heavy atom. The van der Waals surface area contributed by atoms with Gasteiger partial charge in [0.15, 0.2) is 0 Å². The molecule has 2 rings (SSSR count). The Labute approximate surface area is 104 Å². The lowest BCUT2D eigenvalue weighted by molar-refractivity contribution is 0.263. The lowest BCUT2D eigenvalue weighted by Crippen LogP contribution is -2.21. The van der Waals surface area contributed by atoms with Crippen molar-refractivity contribution in [1.29, 1.82) is 5.26 Å². The van der Waals surface area contributed by atoms with Crippen molar-refractivity contribution in [3.63, 3.8) is 0 Å². The topological polar surface area (TPSA) is 36.3 Å². The van der Waals surface area contributed by atoms with Crippen molar-refractivity contribution in [3.8, 4) is 11.8 Å². The van der Waals surface area contributed by atoms with Crippen LogP contribution in [0.1, 0.15) is 26.3 Å². The Morgan fingerprint density at radius 3 is 2.59 bits per heavy atom. The summed E-state index contributed by atoms with van der Waals surface area (Å²) in [5.74, 6) is 0.852. The van der Waals surface area contributed by atoms with Crippen molar-refractivity contribution >= 4 is 0 Å². The van der Waals surface area contributed by atoms with Crippen LogP contribution in [0.25, 0.3) is 0 Å². The molecule has 0 aliphatic carbocycles. The largest absolute Gasteiger partial charge is 1.00 e. The molecule has 0 atom stereocenters. The van der Waals surface area contributed by atoms with Crippen LogP contribution in [-0.2, 0) is 0 Å². The maximum Gasteiger partial charge on any atom is 1.00 e. The first-order valence-corrected chi connectivity index (χ1v) is 6.24. The molecule has 0 radical (unpaired) electrons. The standard InChI is InChI=1S/C14H18N2O/c15-12-13-4-6-14(7-5-13)17-11-3-10-16-8-1-2-9-16/h4-7H,1-3,8-11H2/p+1. The molecule has 1 aromatic rings. The lowest BCUT2D eigenvalue weighted by atomic mass is 10.2. The van der Waals surface area contributed by atoms with E-state index < -0.39 is 0 Å². The third-order valence-corrected chi connectivity index (χ3v) is 3.07. The Morgan fingerprint density at radius 2 is 1.94 bits per heavy atom. The molecule has 1 heterocycles. The summed E-state index contributed by atoms with van der Waals surface area (Å²) in [6.07, 6.45) is 3.76. The third-order valence-electron chi connectivity index (χ3n) is 3.07. The SMILES string of the molecule is N#Cc1ccc(OCCCN2CCCC2)cc1.[H+]. The quantitative estimate of drug-likeness (QED) is 0.731. The highest BCUT2D eigenvalue weighted by Crippen LogP contribution is 2.12. The van der Waals surface area contributed by atoms with Crippen LogP contribution in [0.15, 0.2) is 24.3 Å². The zero-order chi connectivity index (χ0) is 11.9. The minimum Gasteiger partial charge on any atom is -0.494 e. The third kappa shape index (κ3) is 3.76. The van der Waals surface area contributed by atoms with E-state index in [1.165, 1.54) is 25.9 Å². The second-order valence-corrected chi connectivity index (χ2v) is 4.39. The summed E-state index contributed by atoms with van der Waals surface area (Å²) in [4.78, 5) is 2.49. The van der Waals surface area contributed by atoms with E-state index in [9.17, 15) is 0 Å². The Kier molecular flexibility index (Phi) is 4.40. The van der Waals surface area contributed by atoms with E-state index in [2.05, 4.69) is 11.0 Å². The molecule has 1 saturated heterocycles. The van der Waals surface area contributed by atoms with E-state index in [-0.39, 0.29) is 1.43 Å². The highest BCUT2D eigenvalue weighted by Gasteiger charge is 2.10. The summed E-state index contributed by atoms with van der Waals surface area (Å²) in [5, 5.41) is 8.67. The molecule has 0 bridgehead atoms. The van der Waals surface area contributed by atoms with Gasteiger partial charge in [0.1, 0.15) is 5.75 Å². The number of likely N-dealkylation sites (tertiary alicyclic amines) is 1. The van der Waals surface area contributed by atoms with E-state index in [1.807, 2.05) is 12.1 Å². The molecule has 0 spiro atoms. The minimum absolute atomic E-state index is 0. The van der Waals surface area contributed by atoms with Crippen LogP contribution in [0.3, 0.4) is 0 Å². The van der Waals surface area contributed by atoms with Crippen LogP contribution in [0, 0.1) is 11.3 Å². The van der Waals surface area contributed by atoms with Crippen LogP contribution in [0.2, 0.25) is 0 Å². The number of benzene rings is 1. The van der Waals surface area contributed by atoms with E-state index in [0.29, 0.717) is 5.56 Å². The molecule has 90 valence electrons. The van der Waals surface area contributed by atoms with Gasteiger partial charge in [-0.1, -0.05) is 0 Å². The van der Waals surface area contributed by atoms with Crippen molar-refractivity contribution in [2.45, 2.75) is 19.3 Å². The van der Waals surface area contributed by atoms with Gasteiger partial charge in [0.05, 0.1) is 18.2 Å². The van der Waals surface area contributed by atoms with Crippen molar-refractivity contribution in [3.05, 3.63) is 29.8 Å². The number of nitriles is 1. The fourth-order valence-electron chi connectivity index (χ4n) is 2.11. The predicted molar refractivity (Wildman–Crippen MR) is 68.1 cm³/mol. The van der Waals surface area contributed by atoms with Crippen molar-refractivity contribution in [2.24, 2.45) is 0 Å². The van der Waals surface area contributed by atoms with Gasteiger partial charge in [0, 0.05) is 6.54 Å². The normalized spacial score (nSPS) is 15.7. The van der Waals surface area contributed by atoms with Gasteiger partial charge in [-0.25, -0.2) is 0 Å². The van der Waals surface area contributed by atoms with Gasteiger partial charge in [0.2, 0.25) is 0 Å². The van der Waals surface area contributed by atoms with Crippen LogP contribution >= 0.6 is 0 Å². The molecule has 0 N–H and O–H groups in total. The zero-order valence-corrected chi connectivity index (χ0v) is 10.1. The van der Waals surface area contributed by atoms with Gasteiger partial charge < -0.3 is 9.64 Å². The fraction of sp³-hybridized carbons (Fsp3) is 0.500. The van der Waals surface area contributed by atoms with E-state index in [0.717, 1.165) is 25.3 Å². The average molecular weight is 231 g/mol. The minimum atomic E-state index is 0. The van der Waals surface area contributed by atoms with Crippen LogP contribution in [-0.4, -0.2) is 31.1 Å². The van der Waals surface area contributed by atoms with Crippen molar-refractivity contribution < 1.29 is 6.16 Å². The summed E-state index contributed by atoms with van der Waals surface area (Å²) < 4.78 is 5.63. The molecule has 3 heteroatoms. The first-order valence-electron chi connectivity index (χ1n) is 6.24. The number of nitrogens with zero attached hydrogens (tertiary/aromatic N) is 2. The zero-order valence-electron chi connectivity index (χ0n) is 11.1. The number of hydrogen-bond donors (Lipinski definition) is 0. The maximum atomic E-state index is 8.67. The van der Waals surface area contributed by atoms with E-state index in [1.54, 1.807) is 12.1 Å². The van der Waals surface area contributed by atoms with Gasteiger partial charge in [0.25, 0.3) is 0 Å². The molecule has 3 nitrogen and oxygen atoms in total. The molecule has 0 saturated carbocycles. The van der Waals surface area contributed by atoms with Crippen molar-refractivity contribution in [1.82, 2.24) is 4.90 Å². The molecule has 1 aromatic carbocycles. The Bertz CT molecular complexity index is 380. The molecule has 0 aromatic heterocycles. The average Bonchev–Trinajstić information content (AvgIpc) is 2.88. The van der Waals surface area contributed by atoms with Gasteiger partial charge >= 0.3 is 1.43 Å². The highest BCUT2D eigenvalue weighted by atomic mass is 16.5. The molecular weight excluding hydrogens is 212 g/mol. The van der Waals surface area contributed by atoms with Crippen LogP contribution in [0.5, 0.6) is 5.75 Å². The lowest BCUT2D eigenvalue weighted by Gasteiger charge is -2.14. The molecule has 17 heavy (non-hydrogen) atoms. The molecule has 1 fully saturated rings. The number of rotatable bonds is 5. The summed E-state index contributed by atoms with van der Waals surface area (Å²) >= 11 is 0. The summed E-state index contributed by atoms with van der Waals surface area (Å²) in [6, 6.07) is 9.38. The van der Waals surface area contributed by atoms with Crippen LogP contribution in [0.4, 0.5) is 0 Å². The summed E-state index contributed by atoms with van der Waals surface area (Å²) in [6.45, 7) is 4.38. The van der Waals surface area contributed by atoms with E-state index >= 15 is 0 Å². The first-order chi connectivity index (χ1) is 8.38. The van der Waals surface area contributed by atoms with Gasteiger partial charge in [-0.3, -0.25) is 0 Å². The number of ether oxygens (including phenoxy) is 1. The summed E-state index contributed by atoms with van der Waals surface area (Å²) in [7, 11) is 0. The van der Waals surface area contributed by atoms with E-state index in [4.69, 9.17) is 10.00 Å². The Hall–Kier alpha value is -1.53. The molecule has 0 unspecified atom stereocenters. The number of hydrogen-bond acceptors (Lipinski definition) is 3. The molecule has 1 aliphatic heterocycles. The van der Waals surface area contributed by atoms with Gasteiger partial charge in [-0.15, -0.1) is 0 Å². The maximum absolute atomic E-state index is 8.67. The molecular formula is C14H19N2O+. The second kappa shape index (κ2) is 6.27. The first kappa shape index (κ1) is 11.9. The summed E-state index contributed by atoms with van der Waals surface area (Å²) in [5.41, 5.74) is 0.675. The predicted octanol–water partition coefficient (Wildman–Crippen LogP) is 2.54. The molecule has 0 amide bonds. The highest BCUT2D eigenvalue weighted by molar-refractivity contribution is 5.34. The van der Waals surface area contributed by atoms with Crippen molar-refractivity contribution in [2.75, 3.05) is 26.2 Å². The van der Waals surface area contributed by atoms with Crippen LogP contribution < -0.4 is 4.74 Å². The van der Waals surface area contributed by atoms with Gasteiger partial charge in [-0.2, -0.15) is 5.26 Å². The molecule has 1 aliphatic rings. The van der Waals surface area contributed by atoms with Gasteiger partial charge in [-0.05, 0) is 56.6 Å². The Balaban J connectivity index is 0.00000162. The smallest absolute Gasteiger partial charge is 0.494 e. The second-order valence-electron chi connectivity index (χ2n) is 4.39. The monoisotopic (exact) mass is 231 g/mol. The fourth-order valence-corrected chi connectivity index (χ4v) is 2.11.